The van der Waals surface area contributed by atoms with Crippen LogP contribution in [0.4, 0.5) is 17.6 Å². The summed E-state index contributed by atoms with van der Waals surface area (Å²) >= 11 is 0. The van der Waals surface area contributed by atoms with E-state index in [0.29, 0.717) is 23.1 Å². The van der Waals surface area contributed by atoms with Crippen molar-refractivity contribution >= 4 is 33.0 Å². The molecule has 0 heterocycles. The van der Waals surface area contributed by atoms with E-state index >= 15 is 0 Å². The summed E-state index contributed by atoms with van der Waals surface area (Å²) in [6, 6.07) is 13.6. The molecule has 10 heteroatoms. The van der Waals surface area contributed by atoms with Crippen LogP contribution < -0.4 is 5.32 Å². The third kappa shape index (κ3) is 15.9. The molecule has 0 aliphatic heterocycles. The van der Waals surface area contributed by atoms with Gasteiger partial charge in [0.05, 0.1) is 0 Å². The molecule has 1 unspecified atom stereocenters. The van der Waals surface area contributed by atoms with Gasteiger partial charge in [0.2, 0.25) is 5.91 Å². The molecule has 2 atom stereocenters. The van der Waals surface area contributed by atoms with E-state index in [9.17, 15) is 27.2 Å². The average Bonchev–Trinajstić information content (AvgIpc) is 2.92. The van der Waals surface area contributed by atoms with Crippen molar-refractivity contribution in [1.29, 1.82) is 0 Å². The second-order valence-corrected chi connectivity index (χ2v) is 11.6. The molecule has 0 spiro atoms. The van der Waals surface area contributed by atoms with Crippen LogP contribution in [0, 0.1) is 12.8 Å². The Labute approximate surface area is 261 Å². The number of ketones is 1. The molecule has 2 rings (SSSR count). The fourth-order valence-electron chi connectivity index (χ4n) is 3.99. The van der Waals surface area contributed by atoms with Crippen LogP contribution in [0.3, 0.4) is 0 Å². The van der Waals surface area contributed by atoms with Crippen molar-refractivity contribution in [3.8, 4) is 0 Å². The molecule has 0 aliphatic rings. The number of carbonyl (C=O) groups excluding carboxylic acids is 2. The maximum absolute atomic E-state index is 14.8. The number of nitrogens with one attached hydrogen (secondary N) is 1. The average molecular weight is 640 g/mol. The minimum Gasteiger partial charge on any atom is -0.483 e. The number of rotatable bonds is 13. The topological polar surface area (TPSA) is 83.5 Å². The molecule has 0 saturated heterocycles. The summed E-state index contributed by atoms with van der Waals surface area (Å²) in [5.41, 5.74) is -1.37. The molecule has 44 heavy (non-hydrogen) atoms. The Bertz CT molecular complexity index is 1260. The lowest BCUT2D eigenvalue weighted by molar-refractivity contribution is -0.123. The predicted octanol–water partition coefficient (Wildman–Crippen LogP) is 8.45. The summed E-state index contributed by atoms with van der Waals surface area (Å²) in [7, 11) is 1.54. The molecule has 0 aromatic heterocycles. The van der Waals surface area contributed by atoms with Gasteiger partial charge in [0.1, 0.15) is 0 Å². The van der Waals surface area contributed by atoms with Crippen LogP contribution in [0.15, 0.2) is 66.3 Å². The van der Waals surface area contributed by atoms with E-state index in [1.807, 2.05) is 12.1 Å². The molecule has 244 valence electrons. The van der Waals surface area contributed by atoms with Gasteiger partial charge in [0.15, 0.2) is 5.78 Å². The van der Waals surface area contributed by atoms with Gasteiger partial charge in [-0.1, -0.05) is 91.5 Å². The Kier molecular flexibility index (Phi) is 19.0. The van der Waals surface area contributed by atoms with Gasteiger partial charge < -0.3 is 10.4 Å². The molecule has 2 aromatic rings. The Morgan fingerprint density at radius 1 is 1.05 bits per heavy atom. The van der Waals surface area contributed by atoms with E-state index < -0.39 is 17.9 Å². The van der Waals surface area contributed by atoms with Gasteiger partial charge in [-0.25, -0.2) is 8.78 Å². The fourth-order valence-corrected chi connectivity index (χ4v) is 4.32. The highest BCUT2D eigenvalue weighted by Gasteiger charge is 2.34. The van der Waals surface area contributed by atoms with Crippen molar-refractivity contribution in [1.82, 2.24) is 5.32 Å². The van der Waals surface area contributed by atoms with E-state index in [1.165, 1.54) is 13.3 Å². The number of carbonyl (C=O) groups is 3. The van der Waals surface area contributed by atoms with Crippen molar-refractivity contribution in [3.63, 3.8) is 0 Å². The molecule has 2 N–H and O–H groups in total. The first-order chi connectivity index (χ1) is 20.5. The number of Topliss-reactive ketones (excluding diaryl/α,β-unsaturated/α-hetero) is 1. The molecule has 0 saturated carbocycles. The highest BCUT2D eigenvalue weighted by atomic mass is 31.0. The lowest BCUT2D eigenvalue weighted by Crippen LogP contribution is -2.34. The summed E-state index contributed by atoms with van der Waals surface area (Å²) in [5.74, 6) is 0.0922. The van der Waals surface area contributed by atoms with Crippen LogP contribution in [0.25, 0.3) is 5.57 Å². The highest BCUT2D eigenvalue weighted by Crippen LogP contribution is 2.42. The second-order valence-electron chi connectivity index (χ2n) is 10.9. The number of carboxylic acid groups (broad SMARTS) is 1. The summed E-state index contributed by atoms with van der Waals surface area (Å²) in [6.45, 7) is 14.5. The monoisotopic (exact) mass is 639 g/mol. The smallest absolute Gasteiger partial charge is 0.290 e. The Hall–Kier alpha value is -3.32. The highest BCUT2D eigenvalue weighted by molar-refractivity contribution is 7.19. The first-order valence-electron chi connectivity index (χ1n) is 14.4. The number of aryl methyl sites for hydroxylation is 1. The van der Waals surface area contributed by atoms with E-state index in [2.05, 4.69) is 32.7 Å². The molecule has 0 radical (unpaired) electrons. The molecular formula is C34H46F4NO4P. The van der Waals surface area contributed by atoms with Crippen LogP contribution in [-0.2, 0) is 27.2 Å². The number of alkyl halides is 4. The predicted molar refractivity (Wildman–Crippen MR) is 173 cm³/mol. The van der Waals surface area contributed by atoms with Crippen LogP contribution in [0.5, 0.6) is 0 Å². The van der Waals surface area contributed by atoms with Gasteiger partial charge >= 0.3 is 0 Å². The largest absolute Gasteiger partial charge is 0.483 e. The third-order valence-electron chi connectivity index (χ3n) is 6.59. The van der Waals surface area contributed by atoms with Gasteiger partial charge in [-0.05, 0) is 67.4 Å². The number of allylic oxidation sites excluding steroid dienone is 3. The maximum Gasteiger partial charge on any atom is 0.290 e. The van der Waals surface area contributed by atoms with Gasteiger partial charge in [-0.2, -0.15) is 8.78 Å². The third-order valence-corrected chi connectivity index (χ3v) is 6.88. The quantitative estimate of drug-likeness (QED) is 0.0758. The zero-order valence-electron chi connectivity index (χ0n) is 26.4. The zero-order valence-corrected chi connectivity index (χ0v) is 27.6. The van der Waals surface area contributed by atoms with Crippen molar-refractivity contribution in [2.24, 2.45) is 5.92 Å². The zero-order chi connectivity index (χ0) is 34.0. The molecule has 1 amide bonds. The molecule has 2 aromatic carbocycles. The van der Waals surface area contributed by atoms with Gasteiger partial charge in [0.25, 0.3) is 18.6 Å². The lowest BCUT2D eigenvalue weighted by atomic mass is 9.90. The van der Waals surface area contributed by atoms with Crippen LogP contribution >= 0.6 is 9.24 Å². The Morgan fingerprint density at radius 2 is 1.59 bits per heavy atom. The number of hydrogen-bond acceptors (Lipinski definition) is 3. The van der Waals surface area contributed by atoms with Crippen molar-refractivity contribution in [2.75, 3.05) is 0 Å². The summed E-state index contributed by atoms with van der Waals surface area (Å²) < 4.78 is 54.6. The van der Waals surface area contributed by atoms with Crippen LogP contribution in [-0.4, -0.2) is 41.4 Å². The van der Waals surface area contributed by atoms with Crippen molar-refractivity contribution in [3.05, 3.63) is 88.5 Å². The second kappa shape index (κ2) is 20.6. The SMILES string of the molecule is C=C(CCC(=O)N[C@H](C)Cc1cccc(C/C(C(C)=O)=C(/c2ccccc2C)C(F)(F)P)c1)C(F)F.CCC(C)C.O=CO. The molecule has 0 aliphatic carbocycles. The van der Waals surface area contributed by atoms with Crippen LogP contribution in [0.2, 0.25) is 0 Å². The molecule has 5 nitrogen and oxygen atoms in total. The van der Waals surface area contributed by atoms with E-state index in [-0.39, 0.29) is 54.4 Å². The van der Waals surface area contributed by atoms with Crippen molar-refractivity contribution < 1.29 is 37.1 Å². The van der Waals surface area contributed by atoms with Gasteiger partial charge in [-0.15, -0.1) is 0 Å². The van der Waals surface area contributed by atoms with Gasteiger partial charge in [-0.3, -0.25) is 14.4 Å². The summed E-state index contributed by atoms with van der Waals surface area (Å²) in [5, 5.41) is 9.67. The normalized spacial score (nSPS) is 12.2. The summed E-state index contributed by atoms with van der Waals surface area (Å²) in [4.78, 5) is 33.0. The molecule has 0 bridgehead atoms. The fraction of sp³-hybridized carbons (Fsp3) is 0.441. The number of benzene rings is 2. The first kappa shape index (κ1) is 40.7. The first-order valence-corrected chi connectivity index (χ1v) is 14.9. The maximum atomic E-state index is 14.8. The van der Waals surface area contributed by atoms with Crippen LogP contribution in [0.1, 0.15) is 76.1 Å². The minimum absolute atomic E-state index is 0.0211. The van der Waals surface area contributed by atoms with E-state index in [0.717, 1.165) is 11.5 Å². The van der Waals surface area contributed by atoms with E-state index in [4.69, 9.17) is 9.90 Å². The Balaban J connectivity index is 0.00000205. The lowest BCUT2D eigenvalue weighted by Gasteiger charge is -2.22. The molecular weight excluding hydrogens is 593 g/mol. The van der Waals surface area contributed by atoms with E-state index in [1.54, 1.807) is 59.5 Å². The number of halogens is 4. The van der Waals surface area contributed by atoms with Crippen molar-refractivity contribution in [2.45, 2.75) is 91.8 Å². The van der Waals surface area contributed by atoms with Gasteiger partial charge in [0, 0.05) is 30.0 Å². The number of hydrogen-bond donors (Lipinski definition) is 2. The minimum atomic E-state index is -3.31. The standard InChI is InChI=1S/C28H32F4NO2P.C5H12.CH2O2/c1-17-8-5-6-11-23(17)26(28(31,32)36)24(20(4)34)16-22-10-7-9-21(15-22)14-19(3)33-25(35)13-12-18(2)27(29)30;1-4-5(2)3;2-1-3/h5-11,15,19,27H,2,12-14,16,36H2,1,3-4H3,(H,33,35);5H,4H2,1-3H3;1H,(H,2,3)/b26-24+;;/t19-;;/m1../s1. The summed E-state index contributed by atoms with van der Waals surface area (Å²) in [6.07, 6.45) is -1.04. The molecule has 0 fully saturated rings. The number of amides is 1. The Morgan fingerprint density at radius 3 is 2.07 bits per heavy atom.